The van der Waals surface area contributed by atoms with Crippen molar-refractivity contribution >= 4 is 32.6 Å². The van der Waals surface area contributed by atoms with Gasteiger partial charge in [-0.1, -0.05) is 135 Å². The van der Waals surface area contributed by atoms with Crippen LogP contribution in [0.1, 0.15) is 25.0 Å². The van der Waals surface area contributed by atoms with Crippen molar-refractivity contribution in [2.45, 2.75) is 19.3 Å². The number of para-hydroxylation sites is 2. The van der Waals surface area contributed by atoms with Crippen LogP contribution in [0.4, 0.5) is 0 Å². The fourth-order valence-electron chi connectivity index (χ4n) is 7.40. The van der Waals surface area contributed by atoms with E-state index in [2.05, 4.69) is 158 Å². The average Bonchev–Trinajstić information content (AvgIpc) is 3.54. The molecule has 0 radical (unpaired) electrons. The first-order chi connectivity index (χ1) is 21.6. The van der Waals surface area contributed by atoms with Crippen LogP contribution >= 0.6 is 0 Å². The van der Waals surface area contributed by atoms with E-state index < -0.39 is 0 Å². The number of rotatable bonds is 3. The third-order valence-electron chi connectivity index (χ3n) is 9.38. The first kappa shape index (κ1) is 25.0. The molecule has 0 atom stereocenters. The van der Waals surface area contributed by atoms with E-state index in [4.69, 9.17) is 9.97 Å². The fourth-order valence-corrected chi connectivity index (χ4v) is 7.40. The molecule has 3 nitrogen and oxygen atoms in total. The van der Waals surface area contributed by atoms with Crippen molar-refractivity contribution in [1.82, 2.24) is 14.5 Å². The second kappa shape index (κ2) is 9.23. The van der Waals surface area contributed by atoms with Gasteiger partial charge in [-0.25, -0.2) is 9.97 Å². The maximum absolute atomic E-state index is 5.41. The SMILES string of the molecule is CC1(C)c2ccccc2-c2c1c1ccccc1n2-c1nc(-c2cccc(-c3cccc4ccccc34)c2)c2ccccc2n1. The number of aromatic nitrogens is 3. The van der Waals surface area contributed by atoms with E-state index in [-0.39, 0.29) is 5.41 Å². The van der Waals surface area contributed by atoms with Crippen LogP contribution in [0, 0.1) is 0 Å². The molecule has 0 unspecified atom stereocenters. The minimum atomic E-state index is -0.136. The molecule has 6 aromatic carbocycles. The Morgan fingerprint density at radius 2 is 1.20 bits per heavy atom. The van der Waals surface area contributed by atoms with Gasteiger partial charge in [0.05, 0.1) is 22.4 Å². The lowest BCUT2D eigenvalue weighted by atomic mass is 9.81. The Morgan fingerprint density at radius 1 is 0.545 bits per heavy atom. The quantitative estimate of drug-likeness (QED) is 0.214. The van der Waals surface area contributed by atoms with E-state index in [9.17, 15) is 0 Å². The zero-order valence-electron chi connectivity index (χ0n) is 24.6. The molecule has 0 aliphatic heterocycles. The molecular weight excluding hydrogens is 534 g/mol. The largest absolute Gasteiger partial charge is 0.278 e. The highest BCUT2D eigenvalue weighted by Gasteiger charge is 2.40. The highest BCUT2D eigenvalue weighted by Crippen LogP contribution is 2.53. The van der Waals surface area contributed by atoms with Crippen LogP contribution in [0.15, 0.2) is 140 Å². The van der Waals surface area contributed by atoms with Crippen LogP contribution in [0.2, 0.25) is 0 Å². The normalized spacial score (nSPS) is 13.4. The third kappa shape index (κ3) is 3.50. The van der Waals surface area contributed by atoms with Gasteiger partial charge in [-0.05, 0) is 51.2 Å². The van der Waals surface area contributed by atoms with Gasteiger partial charge in [0.15, 0.2) is 0 Å². The van der Waals surface area contributed by atoms with Crippen LogP contribution in [-0.2, 0) is 5.41 Å². The molecule has 0 saturated carbocycles. The second-order valence-electron chi connectivity index (χ2n) is 12.2. The molecule has 3 heteroatoms. The molecule has 0 N–H and O–H groups in total. The Bertz CT molecular complexity index is 2420. The molecule has 2 aromatic heterocycles. The van der Waals surface area contributed by atoms with Crippen LogP contribution in [0.3, 0.4) is 0 Å². The lowest BCUT2D eigenvalue weighted by Gasteiger charge is -2.21. The van der Waals surface area contributed by atoms with E-state index in [1.807, 2.05) is 0 Å². The molecule has 1 aliphatic rings. The van der Waals surface area contributed by atoms with Gasteiger partial charge in [-0.15, -0.1) is 0 Å². The van der Waals surface area contributed by atoms with Gasteiger partial charge >= 0.3 is 0 Å². The molecule has 0 saturated heterocycles. The minimum Gasteiger partial charge on any atom is -0.278 e. The summed E-state index contributed by atoms with van der Waals surface area (Å²) in [6.07, 6.45) is 0. The van der Waals surface area contributed by atoms with Crippen molar-refractivity contribution in [1.29, 1.82) is 0 Å². The summed E-state index contributed by atoms with van der Waals surface area (Å²) in [6, 6.07) is 49.7. The molecular formula is C41H29N3. The predicted octanol–water partition coefficient (Wildman–Crippen LogP) is 10.4. The Labute approximate surface area is 256 Å². The summed E-state index contributed by atoms with van der Waals surface area (Å²) in [7, 11) is 0. The molecule has 1 aliphatic carbocycles. The predicted molar refractivity (Wildman–Crippen MR) is 182 cm³/mol. The molecule has 0 bridgehead atoms. The first-order valence-electron chi connectivity index (χ1n) is 15.2. The van der Waals surface area contributed by atoms with Crippen molar-refractivity contribution in [3.05, 3.63) is 151 Å². The van der Waals surface area contributed by atoms with Crippen LogP contribution in [0.5, 0.6) is 0 Å². The van der Waals surface area contributed by atoms with Crippen molar-refractivity contribution in [3.63, 3.8) is 0 Å². The van der Waals surface area contributed by atoms with E-state index in [0.29, 0.717) is 5.95 Å². The summed E-state index contributed by atoms with van der Waals surface area (Å²) in [5.74, 6) is 0.694. The van der Waals surface area contributed by atoms with Crippen molar-refractivity contribution in [3.8, 4) is 39.6 Å². The minimum absolute atomic E-state index is 0.136. The van der Waals surface area contributed by atoms with E-state index >= 15 is 0 Å². The third-order valence-corrected chi connectivity index (χ3v) is 9.38. The molecule has 0 fully saturated rings. The van der Waals surface area contributed by atoms with Crippen molar-refractivity contribution < 1.29 is 0 Å². The summed E-state index contributed by atoms with van der Waals surface area (Å²) < 4.78 is 2.29. The average molecular weight is 564 g/mol. The summed E-state index contributed by atoms with van der Waals surface area (Å²) in [5.41, 5.74) is 11.4. The summed E-state index contributed by atoms with van der Waals surface area (Å²) in [4.78, 5) is 10.6. The van der Waals surface area contributed by atoms with Gasteiger partial charge in [0.1, 0.15) is 0 Å². The Morgan fingerprint density at radius 3 is 2.11 bits per heavy atom. The lowest BCUT2D eigenvalue weighted by molar-refractivity contribution is 0.666. The zero-order chi connectivity index (χ0) is 29.4. The number of benzene rings is 6. The molecule has 9 rings (SSSR count). The van der Waals surface area contributed by atoms with Crippen molar-refractivity contribution in [2.24, 2.45) is 0 Å². The van der Waals surface area contributed by atoms with Gasteiger partial charge in [-0.2, -0.15) is 0 Å². The maximum atomic E-state index is 5.41. The monoisotopic (exact) mass is 563 g/mol. The van der Waals surface area contributed by atoms with Gasteiger partial charge in [0.2, 0.25) is 5.95 Å². The summed E-state index contributed by atoms with van der Waals surface area (Å²) in [6.45, 7) is 4.67. The molecule has 2 heterocycles. The summed E-state index contributed by atoms with van der Waals surface area (Å²) in [5, 5.41) is 4.78. The maximum Gasteiger partial charge on any atom is 0.235 e. The molecule has 44 heavy (non-hydrogen) atoms. The van der Waals surface area contributed by atoms with Gasteiger partial charge in [-0.3, -0.25) is 4.57 Å². The lowest BCUT2D eigenvalue weighted by Crippen LogP contribution is -2.14. The van der Waals surface area contributed by atoms with E-state index in [1.165, 1.54) is 49.7 Å². The second-order valence-corrected chi connectivity index (χ2v) is 12.2. The number of hydrogen-bond donors (Lipinski definition) is 0. The Kier molecular flexibility index (Phi) is 5.24. The fraction of sp³-hybridized carbons (Fsp3) is 0.0732. The van der Waals surface area contributed by atoms with Crippen LogP contribution in [-0.4, -0.2) is 14.5 Å². The number of fused-ring (bicyclic) bond motifs is 7. The Balaban J connectivity index is 1.32. The molecule has 0 amide bonds. The molecule has 8 aromatic rings. The highest BCUT2D eigenvalue weighted by molar-refractivity contribution is 6.01. The Hall–Kier alpha value is -5.54. The van der Waals surface area contributed by atoms with Crippen LogP contribution in [0.25, 0.3) is 72.2 Å². The highest BCUT2D eigenvalue weighted by atomic mass is 15.2. The number of nitrogens with zero attached hydrogens (tertiary/aromatic N) is 3. The topological polar surface area (TPSA) is 30.7 Å². The summed E-state index contributed by atoms with van der Waals surface area (Å²) >= 11 is 0. The van der Waals surface area contributed by atoms with Gasteiger partial charge in [0, 0.05) is 27.3 Å². The first-order valence-corrected chi connectivity index (χ1v) is 15.2. The zero-order valence-corrected chi connectivity index (χ0v) is 24.6. The van der Waals surface area contributed by atoms with Crippen molar-refractivity contribution in [2.75, 3.05) is 0 Å². The molecule has 208 valence electrons. The standard InChI is InChI=1S/C41H29N3/c1-41(2)34-22-8-5-18-31(34)39-37(41)33-20-7-10-24-36(33)44(39)40-42-35-23-9-6-19-32(35)38(43-40)28-16-11-15-27(25-28)30-21-12-14-26-13-3-4-17-29(26)30/h3-25H,1-2H3. The smallest absolute Gasteiger partial charge is 0.235 e. The van der Waals surface area contributed by atoms with E-state index in [0.717, 1.165) is 27.7 Å². The number of hydrogen-bond acceptors (Lipinski definition) is 2. The van der Waals surface area contributed by atoms with Gasteiger partial charge in [0.25, 0.3) is 0 Å². The van der Waals surface area contributed by atoms with Gasteiger partial charge < -0.3 is 0 Å². The van der Waals surface area contributed by atoms with E-state index in [1.54, 1.807) is 0 Å². The molecule has 0 spiro atoms. The van der Waals surface area contributed by atoms with Crippen LogP contribution < -0.4 is 0 Å².